The van der Waals surface area contributed by atoms with Crippen LogP contribution in [0.1, 0.15) is 26.7 Å². The van der Waals surface area contributed by atoms with Gasteiger partial charge in [0.25, 0.3) is 0 Å². The molecule has 1 N–H and O–H groups in total. The zero-order chi connectivity index (χ0) is 7.98. The summed E-state index contributed by atoms with van der Waals surface area (Å²) in [7, 11) is 1.80. The van der Waals surface area contributed by atoms with Crippen molar-refractivity contribution in [1.82, 2.24) is 5.32 Å². The third kappa shape index (κ3) is 5.76. The summed E-state index contributed by atoms with van der Waals surface area (Å²) in [6.07, 6.45) is 1.74. The van der Waals surface area contributed by atoms with E-state index in [0.29, 0.717) is 18.2 Å². The monoisotopic (exact) mass is 143 g/mol. The smallest absolute Gasteiger partial charge is 0.146 e. The molecule has 0 aromatic carbocycles. The van der Waals surface area contributed by atoms with E-state index in [2.05, 4.69) is 19.2 Å². The van der Waals surface area contributed by atoms with Crippen LogP contribution >= 0.6 is 0 Å². The second-order valence-corrected chi connectivity index (χ2v) is 3.00. The van der Waals surface area contributed by atoms with E-state index < -0.39 is 0 Å². The zero-order valence-corrected chi connectivity index (χ0v) is 7.11. The predicted octanol–water partition coefficient (Wildman–Crippen LogP) is 1.21. The molecule has 60 valence electrons. The summed E-state index contributed by atoms with van der Waals surface area (Å²) in [6, 6.07) is 0. The Kier molecular flexibility index (Phi) is 5.22. The van der Waals surface area contributed by atoms with Crippen molar-refractivity contribution in [2.75, 3.05) is 13.6 Å². The number of likely N-dealkylation sites (N-methyl/N-ethyl adjacent to an activating group) is 1. The summed E-state index contributed by atoms with van der Waals surface area (Å²) < 4.78 is 0. The third-order valence-corrected chi connectivity index (χ3v) is 1.37. The lowest BCUT2D eigenvalue weighted by Crippen LogP contribution is -2.18. The molecule has 0 aliphatic heterocycles. The van der Waals surface area contributed by atoms with Crippen molar-refractivity contribution in [3.8, 4) is 0 Å². The van der Waals surface area contributed by atoms with Crippen LogP contribution in [0.2, 0.25) is 0 Å². The number of hydrogen-bond donors (Lipinski definition) is 1. The first kappa shape index (κ1) is 9.63. The van der Waals surface area contributed by atoms with Gasteiger partial charge < -0.3 is 5.32 Å². The van der Waals surface area contributed by atoms with Crippen LogP contribution in [0.5, 0.6) is 0 Å². The number of nitrogens with one attached hydrogen (secondary N) is 1. The largest absolute Gasteiger partial charge is 0.313 e. The minimum atomic E-state index is 0.316. The highest BCUT2D eigenvalue weighted by molar-refractivity contribution is 5.80. The average Bonchev–Trinajstić information content (AvgIpc) is 1.85. The molecule has 0 unspecified atom stereocenters. The molecular formula is C8H17NO. The van der Waals surface area contributed by atoms with Crippen LogP contribution in [0.3, 0.4) is 0 Å². The molecule has 0 heterocycles. The first-order valence-corrected chi connectivity index (χ1v) is 3.83. The van der Waals surface area contributed by atoms with Crippen LogP contribution in [-0.4, -0.2) is 19.4 Å². The molecule has 0 amide bonds. The van der Waals surface area contributed by atoms with Gasteiger partial charge in [-0.3, -0.25) is 4.79 Å². The van der Waals surface area contributed by atoms with Crippen LogP contribution in [0.25, 0.3) is 0 Å². The molecule has 0 atom stereocenters. The standard InChI is InChI=1S/C8H17NO/c1-7(2)4-5-8(10)6-9-3/h7,9H,4-6H2,1-3H3. The van der Waals surface area contributed by atoms with Crippen LogP contribution in [-0.2, 0) is 4.79 Å². The van der Waals surface area contributed by atoms with Crippen molar-refractivity contribution in [3.05, 3.63) is 0 Å². The van der Waals surface area contributed by atoms with E-state index in [9.17, 15) is 4.79 Å². The molecule has 0 aliphatic carbocycles. The van der Waals surface area contributed by atoms with E-state index in [4.69, 9.17) is 0 Å². The number of rotatable bonds is 5. The van der Waals surface area contributed by atoms with Gasteiger partial charge in [-0.2, -0.15) is 0 Å². The first-order chi connectivity index (χ1) is 4.66. The molecule has 0 aliphatic rings. The lowest BCUT2D eigenvalue weighted by Gasteiger charge is -2.02. The van der Waals surface area contributed by atoms with Crippen LogP contribution in [0.15, 0.2) is 0 Å². The average molecular weight is 143 g/mol. The Labute approximate surface area is 63.0 Å². The molecule has 0 spiro atoms. The van der Waals surface area contributed by atoms with Gasteiger partial charge in [0.15, 0.2) is 0 Å². The summed E-state index contributed by atoms with van der Waals surface area (Å²) >= 11 is 0. The van der Waals surface area contributed by atoms with Gasteiger partial charge in [-0.1, -0.05) is 13.8 Å². The first-order valence-electron chi connectivity index (χ1n) is 3.83. The summed E-state index contributed by atoms with van der Waals surface area (Å²) in [6.45, 7) is 4.78. The minimum absolute atomic E-state index is 0.316. The lowest BCUT2D eigenvalue weighted by molar-refractivity contribution is -0.118. The quantitative estimate of drug-likeness (QED) is 0.626. The molecule has 0 fully saturated rings. The number of hydrogen-bond acceptors (Lipinski definition) is 2. The van der Waals surface area contributed by atoms with E-state index >= 15 is 0 Å². The molecule has 0 bridgehead atoms. The van der Waals surface area contributed by atoms with Crippen molar-refractivity contribution in [2.45, 2.75) is 26.7 Å². The van der Waals surface area contributed by atoms with Crippen molar-refractivity contribution < 1.29 is 4.79 Å². The fraction of sp³-hybridized carbons (Fsp3) is 0.875. The molecular weight excluding hydrogens is 126 g/mol. The van der Waals surface area contributed by atoms with Gasteiger partial charge in [0, 0.05) is 6.42 Å². The van der Waals surface area contributed by atoms with Crippen molar-refractivity contribution in [1.29, 1.82) is 0 Å². The Hall–Kier alpha value is -0.370. The number of carbonyl (C=O) groups excluding carboxylic acids is 1. The van der Waals surface area contributed by atoms with Crippen LogP contribution in [0.4, 0.5) is 0 Å². The Morgan fingerprint density at radius 3 is 2.50 bits per heavy atom. The number of Topliss-reactive ketones (excluding diaryl/α,β-unsaturated/α-hetero) is 1. The maximum atomic E-state index is 10.9. The summed E-state index contributed by atoms with van der Waals surface area (Å²) in [5.74, 6) is 0.956. The molecule has 10 heavy (non-hydrogen) atoms. The summed E-state index contributed by atoms with van der Waals surface area (Å²) in [5.41, 5.74) is 0. The fourth-order valence-electron chi connectivity index (χ4n) is 0.735. The number of carbonyl (C=O) groups is 1. The summed E-state index contributed by atoms with van der Waals surface area (Å²) in [5, 5.41) is 2.84. The molecule has 0 radical (unpaired) electrons. The van der Waals surface area contributed by atoms with E-state index in [0.717, 1.165) is 12.8 Å². The molecule has 2 heteroatoms. The summed E-state index contributed by atoms with van der Waals surface area (Å²) in [4.78, 5) is 10.9. The topological polar surface area (TPSA) is 29.1 Å². The van der Waals surface area contributed by atoms with Gasteiger partial charge in [-0.05, 0) is 19.4 Å². The van der Waals surface area contributed by atoms with Crippen molar-refractivity contribution >= 4 is 5.78 Å². The second-order valence-electron chi connectivity index (χ2n) is 3.00. The van der Waals surface area contributed by atoms with Gasteiger partial charge in [0.2, 0.25) is 0 Å². The van der Waals surface area contributed by atoms with E-state index in [1.807, 2.05) is 0 Å². The van der Waals surface area contributed by atoms with Crippen molar-refractivity contribution in [2.24, 2.45) is 5.92 Å². The predicted molar refractivity (Wildman–Crippen MR) is 43.0 cm³/mol. The van der Waals surface area contributed by atoms with Gasteiger partial charge in [-0.15, -0.1) is 0 Å². The maximum absolute atomic E-state index is 10.9. The fourth-order valence-corrected chi connectivity index (χ4v) is 0.735. The van der Waals surface area contributed by atoms with E-state index in [1.54, 1.807) is 7.05 Å². The van der Waals surface area contributed by atoms with Gasteiger partial charge >= 0.3 is 0 Å². The second kappa shape index (κ2) is 5.42. The molecule has 0 aromatic rings. The Bertz CT molecular complexity index is 99.4. The molecule has 0 saturated heterocycles. The number of ketones is 1. The Balaban J connectivity index is 3.22. The SMILES string of the molecule is CNCC(=O)CCC(C)C. The van der Waals surface area contributed by atoms with Gasteiger partial charge in [0.1, 0.15) is 5.78 Å². The highest BCUT2D eigenvalue weighted by Crippen LogP contribution is 2.02. The normalized spacial score (nSPS) is 10.4. The molecule has 0 saturated carbocycles. The van der Waals surface area contributed by atoms with Gasteiger partial charge in [-0.25, -0.2) is 0 Å². The van der Waals surface area contributed by atoms with Crippen LogP contribution < -0.4 is 5.32 Å². The van der Waals surface area contributed by atoms with Gasteiger partial charge in [0.05, 0.1) is 6.54 Å². The van der Waals surface area contributed by atoms with Crippen molar-refractivity contribution in [3.63, 3.8) is 0 Å². The highest BCUT2D eigenvalue weighted by Gasteiger charge is 2.00. The van der Waals surface area contributed by atoms with E-state index in [-0.39, 0.29) is 0 Å². The maximum Gasteiger partial charge on any atom is 0.146 e. The molecule has 0 aromatic heterocycles. The molecule has 2 nitrogen and oxygen atoms in total. The lowest BCUT2D eigenvalue weighted by atomic mass is 10.1. The Morgan fingerprint density at radius 2 is 2.10 bits per heavy atom. The Morgan fingerprint density at radius 1 is 1.50 bits per heavy atom. The van der Waals surface area contributed by atoms with Crippen LogP contribution in [0, 0.1) is 5.92 Å². The zero-order valence-electron chi connectivity index (χ0n) is 7.11. The highest BCUT2D eigenvalue weighted by atomic mass is 16.1. The minimum Gasteiger partial charge on any atom is -0.313 e. The van der Waals surface area contributed by atoms with E-state index in [1.165, 1.54) is 0 Å². The third-order valence-electron chi connectivity index (χ3n) is 1.37. The molecule has 0 rings (SSSR count).